The number of aliphatic hydroxyl groups is 1. The molecular formula is C23H28ClNO4. The van der Waals surface area contributed by atoms with E-state index in [4.69, 9.17) is 21.1 Å². The molecule has 6 heteroatoms. The van der Waals surface area contributed by atoms with E-state index in [-0.39, 0.29) is 18.3 Å². The van der Waals surface area contributed by atoms with Gasteiger partial charge in [-0.05, 0) is 62.2 Å². The quantitative estimate of drug-likeness (QED) is 0.647. The molecule has 5 nitrogen and oxygen atoms in total. The predicted molar refractivity (Wildman–Crippen MR) is 114 cm³/mol. The first kappa shape index (κ1) is 21.6. The van der Waals surface area contributed by atoms with Crippen LogP contribution in [0.2, 0.25) is 5.02 Å². The Morgan fingerprint density at radius 1 is 1.24 bits per heavy atom. The van der Waals surface area contributed by atoms with Crippen molar-refractivity contribution in [3.8, 4) is 11.5 Å². The Hall–Kier alpha value is -2.08. The maximum atomic E-state index is 13.1. The molecule has 0 spiro atoms. The standard InChI is InChI=1S/C23H28ClNO4/c1-3-29-21-8-6-16(11-18(21)15-26)13-25-10-4-5-17(14-25)23(27)20-12-19(24)7-9-22(20)28-2/h6-9,11-12,17,26H,3-5,10,13-15H2,1-2H3/t17-/m0/s1. The first-order valence-electron chi connectivity index (χ1n) is 10.0. The average molecular weight is 418 g/mol. The second-order valence-electron chi connectivity index (χ2n) is 7.32. The maximum absolute atomic E-state index is 13.1. The summed E-state index contributed by atoms with van der Waals surface area (Å²) >= 11 is 6.11. The van der Waals surface area contributed by atoms with Crippen LogP contribution in [0.5, 0.6) is 11.5 Å². The lowest BCUT2D eigenvalue weighted by Gasteiger charge is -2.32. The van der Waals surface area contributed by atoms with Gasteiger partial charge in [-0.25, -0.2) is 0 Å². The van der Waals surface area contributed by atoms with Crippen molar-refractivity contribution in [2.75, 3.05) is 26.8 Å². The van der Waals surface area contributed by atoms with Crippen LogP contribution in [0.1, 0.15) is 41.3 Å². The summed E-state index contributed by atoms with van der Waals surface area (Å²) in [6, 6.07) is 11.1. The summed E-state index contributed by atoms with van der Waals surface area (Å²) in [5, 5.41) is 10.2. The second kappa shape index (κ2) is 10.1. The lowest BCUT2D eigenvalue weighted by molar-refractivity contribution is 0.0808. The third kappa shape index (κ3) is 5.30. The molecule has 2 aromatic rings. The molecule has 0 aliphatic carbocycles. The fourth-order valence-electron chi connectivity index (χ4n) is 3.92. The minimum atomic E-state index is -0.0869. The zero-order chi connectivity index (χ0) is 20.8. The number of nitrogens with zero attached hydrogens (tertiary/aromatic N) is 1. The number of piperidine rings is 1. The summed E-state index contributed by atoms with van der Waals surface area (Å²) < 4.78 is 10.9. The predicted octanol–water partition coefficient (Wildman–Crippen LogP) is 4.33. The number of carbonyl (C=O) groups is 1. The van der Waals surface area contributed by atoms with Crippen LogP contribution in [-0.4, -0.2) is 42.6 Å². The molecule has 1 aliphatic rings. The third-order valence-electron chi connectivity index (χ3n) is 5.30. The number of hydrogen-bond donors (Lipinski definition) is 1. The molecular weight excluding hydrogens is 390 g/mol. The molecule has 1 atom stereocenters. The van der Waals surface area contributed by atoms with Crippen LogP contribution in [0.4, 0.5) is 0 Å². The molecule has 0 aromatic heterocycles. The Kier molecular flexibility index (Phi) is 7.53. The highest BCUT2D eigenvalue weighted by molar-refractivity contribution is 6.31. The van der Waals surface area contributed by atoms with Crippen LogP contribution < -0.4 is 9.47 Å². The van der Waals surface area contributed by atoms with Gasteiger partial charge >= 0.3 is 0 Å². The number of ether oxygens (including phenoxy) is 2. The summed E-state index contributed by atoms with van der Waals surface area (Å²) in [5.41, 5.74) is 2.44. The van der Waals surface area contributed by atoms with Gasteiger partial charge in [-0.15, -0.1) is 0 Å². The van der Waals surface area contributed by atoms with Crippen molar-refractivity contribution in [1.29, 1.82) is 0 Å². The monoisotopic (exact) mass is 417 g/mol. The summed E-state index contributed by atoms with van der Waals surface area (Å²) in [5.74, 6) is 1.28. The maximum Gasteiger partial charge on any atom is 0.170 e. The highest BCUT2D eigenvalue weighted by Crippen LogP contribution is 2.29. The van der Waals surface area contributed by atoms with Crippen LogP contribution in [-0.2, 0) is 13.2 Å². The van der Waals surface area contributed by atoms with E-state index in [0.29, 0.717) is 29.5 Å². The van der Waals surface area contributed by atoms with Crippen molar-refractivity contribution in [2.24, 2.45) is 5.92 Å². The summed E-state index contributed by atoms with van der Waals surface area (Å²) in [7, 11) is 1.57. The van der Waals surface area contributed by atoms with Crippen molar-refractivity contribution in [2.45, 2.75) is 32.9 Å². The van der Waals surface area contributed by atoms with Crippen LogP contribution in [0.25, 0.3) is 0 Å². The van der Waals surface area contributed by atoms with Crippen LogP contribution in [0, 0.1) is 5.92 Å². The van der Waals surface area contributed by atoms with Crippen molar-refractivity contribution >= 4 is 17.4 Å². The van der Waals surface area contributed by atoms with E-state index in [9.17, 15) is 9.90 Å². The van der Waals surface area contributed by atoms with Crippen LogP contribution >= 0.6 is 11.6 Å². The number of benzene rings is 2. The number of hydrogen-bond acceptors (Lipinski definition) is 5. The van der Waals surface area contributed by atoms with Crippen LogP contribution in [0.15, 0.2) is 36.4 Å². The number of rotatable bonds is 8. The van der Waals surface area contributed by atoms with Gasteiger partial charge in [0.25, 0.3) is 0 Å². The molecule has 156 valence electrons. The molecule has 29 heavy (non-hydrogen) atoms. The largest absolute Gasteiger partial charge is 0.496 e. The SMILES string of the molecule is CCOc1ccc(CN2CCC[C@H](C(=O)c3cc(Cl)ccc3OC)C2)cc1CO. The molecule has 3 rings (SSSR count). The number of Topliss-reactive ketones (excluding diaryl/α,β-unsaturated/α-hetero) is 1. The zero-order valence-corrected chi connectivity index (χ0v) is 17.7. The van der Waals surface area contributed by atoms with Gasteiger partial charge in [-0.2, -0.15) is 0 Å². The van der Waals surface area contributed by atoms with E-state index in [2.05, 4.69) is 4.90 Å². The van der Waals surface area contributed by atoms with Crippen molar-refractivity contribution in [3.63, 3.8) is 0 Å². The van der Waals surface area contributed by atoms with Gasteiger partial charge in [-0.3, -0.25) is 9.69 Å². The highest BCUT2D eigenvalue weighted by atomic mass is 35.5. The van der Waals surface area contributed by atoms with Crippen molar-refractivity contribution in [3.05, 3.63) is 58.1 Å². The average Bonchev–Trinajstić information content (AvgIpc) is 2.74. The number of carbonyl (C=O) groups excluding carboxylic acids is 1. The molecule has 1 N–H and O–H groups in total. The van der Waals surface area contributed by atoms with Gasteiger partial charge < -0.3 is 14.6 Å². The van der Waals surface area contributed by atoms with Gasteiger partial charge in [0.2, 0.25) is 0 Å². The number of methoxy groups -OCH3 is 1. The summed E-state index contributed by atoms with van der Waals surface area (Å²) in [4.78, 5) is 15.4. The van der Waals surface area contributed by atoms with Gasteiger partial charge in [0.1, 0.15) is 11.5 Å². The van der Waals surface area contributed by atoms with Gasteiger partial charge in [0.05, 0.1) is 25.9 Å². The molecule has 2 aromatic carbocycles. The van der Waals surface area contributed by atoms with E-state index in [0.717, 1.165) is 42.8 Å². The Bertz CT molecular complexity index is 855. The second-order valence-corrected chi connectivity index (χ2v) is 7.75. The molecule has 0 bridgehead atoms. The summed E-state index contributed by atoms with van der Waals surface area (Å²) in [6.07, 6.45) is 1.82. The Morgan fingerprint density at radius 2 is 2.03 bits per heavy atom. The Labute approximate surface area is 177 Å². The topological polar surface area (TPSA) is 59.0 Å². The molecule has 1 heterocycles. The first-order valence-corrected chi connectivity index (χ1v) is 10.4. The van der Waals surface area contributed by atoms with E-state index < -0.39 is 0 Å². The molecule has 0 unspecified atom stereocenters. The summed E-state index contributed by atoms with van der Waals surface area (Å²) in [6.45, 7) is 4.80. The lowest BCUT2D eigenvalue weighted by atomic mass is 9.89. The fraction of sp³-hybridized carbons (Fsp3) is 0.435. The minimum Gasteiger partial charge on any atom is -0.496 e. The molecule has 1 fully saturated rings. The van der Waals surface area contributed by atoms with Crippen molar-refractivity contribution < 1.29 is 19.4 Å². The van der Waals surface area contributed by atoms with E-state index in [1.165, 1.54) is 0 Å². The third-order valence-corrected chi connectivity index (χ3v) is 5.54. The zero-order valence-electron chi connectivity index (χ0n) is 17.0. The number of ketones is 1. The molecule has 0 radical (unpaired) electrons. The highest BCUT2D eigenvalue weighted by Gasteiger charge is 2.28. The Morgan fingerprint density at radius 3 is 2.76 bits per heavy atom. The molecule has 0 amide bonds. The smallest absolute Gasteiger partial charge is 0.170 e. The Balaban J connectivity index is 1.71. The van der Waals surface area contributed by atoms with E-state index >= 15 is 0 Å². The minimum absolute atomic E-state index is 0.0567. The van der Waals surface area contributed by atoms with Gasteiger partial charge in [0, 0.05) is 29.6 Å². The number of likely N-dealkylation sites (tertiary alicyclic amines) is 1. The van der Waals surface area contributed by atoms with Gasteiger partial charge in [0.15, 0.2) is 5.78 Å². The van der Waals surface area contributed by atoms with Crippen molar-refractivity contribution in [1.82, 2.24) is 4.90 Å². The van der Waals surface area contributed by atoms with E-state index in [1.54, 1.807) is 25.3 Å². The van der Waals surface area contributed by atoms with Crippen LogP contribution in [0.3, 0.4) is 0 Å². The fourth-order valence-corrected chi connectivity index (χ4v) is 4.09. The molecule has 1 aliphatic heterocycles. The van der Waals surface area contributed by atoms with E-state index in [1.807, 2.05) is 25.1 Å². The number of aliphatic hydroxyl groups excluding tert-OH is 1. The van der Waals surface area contributed by atoms with Gasteiger partial charge in [-0.1, -0.05) is 17.7 Å². The first-order chi connectivity index (χ1) is 14.0. The molecule has 1 saturated heterocycles. The normalized spacial score (nSPS) is 17.2. The molecule has 0 saturated carbocycles. The number of halogens is 1. The lowest BCUT2D eigenvalue weighted by Crippen LogP contribution is -2.38.